The summed E-state index contributed by atoms with van der Waals surface area (Å²) in [5.41, 5.74) is 7.57. The van der Waals surface area contributed by atoms with Gasteiger partial charge in [-0.25, -0.2) is 10.4 Å². The SMILES string of the molecule is O=C(N/N=C\c1ccccc1OCc1ccc(I)cc1)c1ccc(-c2csc(Nc3ccc(Cl)cc3)n2)cc1. The van der Waals surface area contributed by atoms with Gasteiger partial charge in [0.1, 0.15) is 12.4 Å². The highest BCUT2D eigenvalue weighted by molar-refractivity contribution is 14.1. The molecule has 0 unspecified atom stereocenters. The normalized spacial score (nSPS) is 10.9. The van der Waals surface area contributed by atoms with E-state index in [2.05, 4.69) is 43.4 Å². The number of hydrogen-bond acceptors (Lipinski definition) is 6. The molecule has 9 heteroatoms. The molecule has 0 saturated heterocycles. The molecular formula is C30H22ClIN4O2S. The molecule has 194 valence electrons. The van der Waals surface area contributed by atoms with Crippen LogP contribution in [0.2, 0.25) is 5.02 Å². The lowest BCUT2D eigenvalue weighted by molar-refractivity contribution is 0.0955. The molecule has 0 bridgehead atoms. The lowest BCUT2D eigenvalue weighted by atomic mass is 10.1. The molecule has 0 atom stereocenters. The van der Waals surface area contributed by atoms with Gasteiger partial charge >= 0.3 is 0 Å². The first-order valence-corrected chi connectivity index (χ1v) is 14.3. The smallest absolute Gasteiger partial charge is 0.271 e. The van der Waals surface area contributed by atoms with Gasteiger partial charge in [0.15, 0.2) is 5.13 Å². The zero-order chi connectivity index (χ0) is 27.0. The Morgan fingerprint density at radius 1 is 0.974 bits per heavy atom. The third-order valence-corrected chi connectivity index (χ3v) is 7.37. The number of halogens is 2. The van der Waals surface area contributed by atoms with E-state index < -0.39 is 0 Å². The number of thiazole rings is 1. The average molecular weight is 665 g/mol. The van der Waals surface area contributed by atoms with Crippen molar-refractivity contribution in [3.05, 3.63) is 128 Å². The van der Waals surface area contributed by atoms with Crippen LogP contribution in [0.15, 0.2) is 108 Å². The summed E-state index contributed by atoms with van der Waals surface area (Å²) in [6.45, 7) is 0.443. The van der Waals surface area contributed by atoms with E-state index in [1.54, 1.807) is 18.3 Å². The van der Waals surface area contributed by atoms with Crippen molar-refractivity contribution in [2.24, 2.45) is 5.10 Å². The second kappa shape index (κ2) is 12.9. The van der Waals surface area contributed by atoms with Crippen LogP contribution < -0.4 is 15.5 Å². The fourth-order valence-electron chi connectivity index (χ4n) is 3.60. The van der Waals surface area contributed by atoms with E-state index in [4.69, 9.17) is 16.3 Å². The third-order valence-electron chi connectivity index (χ3n) is 5.64. The number of amides is 1. The molecule has 1 aromatic heterocycles. The van der Waals surface area contributed by atoms with Gasteiger partial charge in [-0.15, -0.1) is 11.3 Å². The van der Waals surface area contributed by atoms with E-state index in [1.807, 2.05) is 90.3 Å². The van der Waals surface area contributed by atoms with Gasteiger partial charge in [0.25, 0.3) is 5.91 Å². The van der Waals surface area contributed by atoms with Crippen molar-refractivity contribution in [1.29, 1.82) is 0 Å². The molecule has 5 rings (SSSR count). The Bertz CT molecular complexity index is 1590. The van der Waals surface area contributed by atoms with Crippen molar-refractivity contribution >= 4 is 68.5 Å². The van der Waals surface area contributed by atoms with Crippen LogP contribution in [0.5, 0.6) is 5.75 Å². The minimum atomic E-state index is -0.307. The minimum absolute atomic E-state index is 0.307. The summed E-state index contributed by atoms with van der Waals surface area (Å²) in [6, 6.07) is 30.4. The molecule has 0 aliphatic heterocycles. The second-order valence-electron chi connectivity index (χ2n) is 8.40. The Kier molecular flexibility index (Phi) is 8.87. The van der Waals surface area contributed by atoms with E-state index in [-0.39, 0.29) is 5.91 Å². The van der Waals surface area contributed by atoms with Crippen molar-refractivity contribution in [3.8, 4) is 17.0 Å². The number of para-hydroxylation sites is 1. The van der Waals surface area contributed by atoms with Crippen molar-refractivity contribution in [2.45, 2.75) is 6.61 Å². The topological polar surface area (TPSA) is 75.6 Å². The molecule has 4 aromatic carbocycles. The maximum absolute atomic E-state index is 12.6. The van der Waals surface area contributed by atoms with Crippen LogP contribution in [0.4, 0.5) is 10.8 Å². The first kappa shape index (κ1) is 26.9. The van der Waals surface area contributed by atoms with Crippen molar-refractivity contribution in [2.75, 3.05) is 5.32 Å². The molecule has 0 aliphatic rings. The highest BCUT2D eigenvalue weighted by Gasteiger charge is 2.09. The molecule has 1 heterocycles. The van der Waals surface area contributed by atoms with Crippen LogP contribution in [0.1, 0.15) is 21.5 Å². The van der Waals surface area contributed by atoms with E-state index in [1.165, 1.54) is 14.9 Å². The van der Waals surface area contributed by atoms with Crippen LogP contribution in [0.25, 0.3) is 11.3 Å². The van der Waals surface area contributed by atoms with Crippen LogP contribution in [0, 0.1) is 3.57 Å². The summed E-state index contributed by atoms with van der Waals surface area (Å²) < 4.78 is 7.15. The third kappa shape index (κ3) is 7.44. The molecule has 0 saturated carbocycles. The van der Waals surface area contributed by atoms with Crippen LogP contribution >= 0.6 is 45.5 Å². The molecule has 6 nitrogen and oxygen atoms in total. The Morgan fingerprint density at radius 2 is 1.72 bits per heavy atom. The number of rotatable bonds is 9. The minimum Gasteiger partial charge on any atom is -0.488 e. The monoisotopic (exact) mass is 664 g/mol. The predicted octanol–water partition coefficient (Wildman–Crippen LogP) is 8.15. The van der Waals surface area contributed by atoms with Gasteiger partial charge in [-0.2, -0.15) is 5.10 Å². The molecule has 2 N–H and O–H groups in total. The summed E-state index contributed by atoms with van der Waals surface area (Å²) in [6.07, 6.45) is 1.58. The maximum Gasteiger partial charge on any atom is 0.271 e. The number of nitrogens with one attached hydrogen (secondary N) is 2. The van der Waals surface area contributed by atoms with Gasteiger partial charge < -0.3 is 10.1 Å². The van der Waals surface area contributed by atoms with E-state index in [9.17, 15) is 4.79 Å². The van der Waals surface area contributed by atoms with Crippen LogP contribution in [-0.2, 0) is 6.61 Å². The fraction of sp³-hybridized carbons (Fsp3) is 0.0333. The molecule has 0 spiro atoms. The summed E-state index contributed by atoms with van der Waals surface area (Å²) in [5.74, 6) is 0.380. The number of ether oxygens (including phenoxy) is 1. The molecule has 0 radical (unpaired) electrons. The largest absolute Gasteiger partial charge is 0.488 e. The first-order valence-electron chi connectivity index (χ1n) is 11.9. The van der Waals surface area contributed by atoms with Crippen molar-refractivity contribution < 1.29 is 9.53 Å². The lowest BCUT2D eigenvalue weighted by Crippen LogP contribution is -2.17. The van der Waals surface area contributed by atoms with E-state index >= 15 is 0 Å². The maximum atomic E-state index is 12.6. The zero-order valence-corrected chi connectivity index (χ0v) is 24.2. The quantitative estimate of drug-likeness (QED) is 0.0948. The second-order valence-corrected chi connectivity index (χ2v) is 10.9. The Labute approximate surface area is 248 Å². The molecule has 5 aromatic rings. The van der Waals surface area contributed by atoms with Crippen molar-refractivity contribution in [3.63, 3.8) is 0 Å². The Hall–Kier alpha value is -3.73. The first-order chi connectivity index (χ1) is 19.0. The molecule has 39 heavy (non-hydrogen) atoms. The van der Waals surface area contributed by atoms with Gasteiger partial charge in [0.05, 0.1) is 11.9 Å². The number of anilines is 2. The van der Waals surface area contributed by atoms with Gasteiger partial charge in [-0.1, -0.05) is 48.0 Å². The number of carbonyl (C=O) groups is 1. The number of hydrogen-bond donors (Lipinski definition) is 2. The van der Waals surface area contributed by atoms with Gasteiger partial charge in [0, 0.05) is 36.4 Å². The zero-order valence-electron chi connectivity index (χ0n) is 20.5. The summed E-state index contributed by atoms with van der Waals surface area (Å²) in [7, 11) is 0. The highest BCUT2D eigenvalue weighted by Crippen LogP contribution is 2.28. The summed E-state index contributed by atoms with van der Waals surface area (Å²) in [4.78, 5) is 17.3. The Morgan fingerprint density at radius 3 is 2.49 bits per heavy atom. The van der Waals surface area contributed by atoms with Crippen molar-refractivity contribution in [1.82, 2.24) is 10.4 Å². The predicted molar refractivity (Wildman–Crippen MR) is 167 cm³/mol. The lowest BCUT2D eigenvalue weighted by Gasteiger charge is -2.09. The molecule has 1 amide bonds. The number of nitrogens with zero attached hydrogens (tertiary/aromatic N) is 2. The average Bonchev–Trinajstić information content (AvgIpc) is 3.43. The highest BCUT2D eigenvalue weighted by atomic mass is 127. The summed E-state index contributed by atoms with van der Waals surface area (Å²) >= 11 is 9.73. The van der Waals surface area contributed by atoms with Crippen LogP contribution in [0.3, 0.4) is 0 Å². The number of aromatic nitrogens is 1. The fourth-order valence-corrected chi connectivity index (χ4v) is 4.82. The molecular weight excluding hydrogens is 643 g/mol. The number of carbonyl (C=O) groups excluding carboxylic acids is 1. The van der Waals surface area contributed by atoms with E-state index in [0.717, 1.165) is 33.2 Å². The van der Waals surface area contributed by atoms with Crippen LogP contribution in [-0.4, -0.2) is 17.1 Å². The number of hydrazone groups is 1. The van der Waals surface area contributed by atoms with Gasteiger partial charge in [0.2, 0.25) is 0 Å². The standard InChI is InChI=1S/C30H22ClIN4O2S/c31-24-11-15-26(16-12-24)34-30-35-27(19-39-30)21-7-9-22(10-8-21)29(37)36-33-17-23-3-1-2-4-28(23)38-18-20-5-13-25(32)14-6-20/h1-17,19H,18H2,(H,34,35)(H,36,37)/b33-17-. The van der Waals surface area contributed by atoms with Gasteiger partial charge in [-0.3, -0.25) is 4.79 Å². The number of benzene rings is 4. The van der Waals surface area contributed by atoms with E-state index in [0.29, 0.717) is 22.9 Å². The molecule has 0 aliphatic carbocycles. The molecule has 0 fully saturated rings. The van der Waals surface area contributed by atoms with Gasteiger partial charge in [-0.05, 0) is 88.8 Å². The Balaban J connectivity index is 1.17. The summed E-state index contributed by atoms with van der Waals surface area (Å²) in [5, 5.41) is 10.8.